The number of esters is 2. The molecular formula is C26H26O5. The van der Waals surface area contributed by atoms with Crippen molar-refractivity contribution in [3.63, 3.8) is 0 Å². The van der Waals surface area contributed by atoms with Crippen LogP contribution in [0.5, 0.6) is 17.2 Å². The molecule has 0 amide bonds. The lowest BCUT2D eigenvalue weighted by atomic mass is 9.91. The van der Waals surface area contributed by atoms with Crippen molar-refractivity contribution in [1.29, 1.82) is 0 Å². The first kappa shape index (κ1) is 22.1. The van der Waals surface area contributed by atoms with Gasteiger partial charge in [0.1, 0.15) is 17.2 Å². The maximum atomic E-state index is 12.3. The fraction of sp³-hybridized carbons (Fsp3) is 0.231. The van der Waals surface area contributed by atoms with Crippen LogP contribution in [0.2, 0.25) is 0 Å². The van der Waals surface area contributed by atoms with Crippen LogP contribution in [0.4, 0.5) is 0 Å². The molecule has 0 bridgehead atoms. The Morgan fingerprint density at radius 2 is 1.39 bits per heavy atom. The first-order chi connectivity index (χ1) is 14.8. The predicted molar refractivity (Wildman–Crippen MR) is 121 cm³/mol. The third-order valence-electron chi connectivity index (χ3n) is 5.18. The Labute approximate surface area is 182 Å². The van der Waals surface area contributed by atoms with Crippen LogP contribution in [-0.2, 0) is 9.59 Å². The number of benzene rings is 3. The van der Waals surface area contributed by atoms with Gasteiger partial charge in [-0.25, -0.2) is 4.79 Å². The van der Waals surface area contributed by atoms with Crippen molar-refractivity contribution in [3.05, 3.63) is 72.3 Å². The number of carbonyl (C=O) groups excluding carboxylic acids is 2. The van der Waals surface area contributed by atoms with Crippen LogP contribution >= 0.6 is 0 Å². The van der Waals surface area contributed by atoms with E-state index in [-0.39, 0.29) is 5.97 Å². The van der Waals surface area contributed by atoms with Gasteiger partial charge in [-0.15, -0.1) is 0 Å². The minimum atomic E-state index is -0.535. The van der Waals surface area contributed by atoms with Crippen LogP contribution in [0.3, 0.4) is 0 Å². The summed E-state index contributed by atoms with van der Waals surface area (Å²) in [6, 6.07) is 18.0. The van der Waals surface area contributed by atoms with Crippen molar-refractivity contribution in [1.82, 2.24) is 0 Å². The third kappa shape index (κ3) is 5.72. The van der Waals surface area contributed by atoms with Crippen molar-refractivity contribution >= 4 is 28.8 Å². The van der Waals surface area contributed by atoms with Gasteiger partial charge in [0.15, 0.2) is 0 Å². The molecule has 0 aliphatic carbocycles. The Balaban J connectivity index is 1.67. The standard InChI is InChI=1S/C26H26O5/c1-5-26(2,3)25(28)31-23-14-10-19-16-22(13-9-20(19)17-23)30-24(27)15-8-18-6-11-21(29-4)12-7-18/h6-17H,5H2,1-4H3/b15-8+. The van der Waals surface area contributed by atoms with Gasteiger partial charge in [-0.2, -0.15) is 0 Å². The Bertz CT molecular complexity index is 1110. The van der Waals surface area contributed by atoms with Gasteiger partial charge in [0.2, 0.25) is 0 Å². The minimum absolute atomic E-state index is 0.261. The molecule has 0 N–H and O–H groups in total. The van der Waals surface area contributed by atoms with E-state index in [9.17, 15) is 9.59 Å². The maximum Gasteiger partial charge on any atom is 0.336 e. The molecule has 0 aliphatic rings. The molecule has 0 unspecified atom stereocenters. The van der Waals surface area contributed by atoms with Crippen LogP contribution in [0, 0.1) is 5.41 Å². The van der Waals surface area contributed by atoms with Crippen molar-refractivity contribution in [3.8, 4) is 17.2 Å². The molecule has 0 saturated carbocycles. The zero-order chi connectivity index (χ0) is 22.4. The minimum Gasteiger partial charge on any atom is -0.497 e. The lowest BCUT2D eigenvalue weighted by Gasteiger charge is -2.20. The van der Waals surface area contributed by atoms with E-state index >= 15 is 0 Å². The number of hydrogen-bond donors (Lipinski definition) is 0. The quantitative estimate of drug-likeness (QED) is 0.275. The third-order valence-corrected chi connectivity index (χ3v) is 5.18. The maximum absolute atomic E-state index is 12.3. The molecule has 31 heavy (non-hydrogen) atoms. The van der Waals surface area contributed by atoms with Gasteiger partial charge >= 0.3 is 11.9 Å². The van der Waals surface area contributed by atoms with Gasteiger partial charge in [0.25, 0.3) is 0 Å². The average molecular weight is 418 g/mol. The van der Waals surface area contributed by atoms with Crippen LogP contribution in [-0.4, -0.2) is 19.0 Å². The lowest BCUT2D eigenvalue weighted by molar-refractivity contribution is -0.144. The van der Waals surface area contributed by atoms with E-state index in [0.29, 0.717) is 17.9 Å². The van der Waals surface area contributed by atoms with Crippen LogP contribution in [0.25, 0.3) is 16.8 Å². The largest absolute Gasteiger partial charge is 0.497 e. The first-order valence-electron chi connectivity index (χ1n) is 10.1. The number of methoxy groups -OCH3 is 1. The Morgan fingerprint density at radius 3 is 1.94 bits per heavy atom. The van der Waals surface area contributed by atoms with Crippen LogP contribution in [0.15, 0.2) is 66.7 Å². The summed E-state index contributed by atoms with van der Waals surface area (Å²) in [5.74, 6) is 0.953. The van der Waals surface area contributed by atoms with E-state index in [1.165, 1.54) is 6.08 Å². The highest BCUT2D eigenvalue weighted by molar-refractivity contribution is 5.91. The smallest absolute Gasteiger partial charge is 0.336 e. The molecule has 0 fully saturated rings. The number of fused-ring (bicyclic) bond motifs is 1. The molecule has 0 heterocycles. The molecule has 0 atom stereocenters. The zero-order valence-electron chi connectivity index (χ0n) is 18.2. The van der Waals surface area contributed by atoms with Gasteiger partial charge in [0.05, 0.1) is 12.5 Å². The topological polar surface area (TPSA) is 61.8 Å². The molecule has 5 heteroatoms. The second kappa shape index (κ2) is 9.47. The SMILES string of the molecule is CCC(C)(C)C(=O)Oc1ccc2cc(OC(=O)/C=C/c3ccc(OC)cc3)ccc2c1. The van der Waals surface area contributed by atoms with Crippen molar-refractivity contribution in [2.45, 2.75) is 27.2 Å². The molecular weight excluding hydrogens is 392 g/mol. The summed E-state index contributed by atoms with van der Waals surface area (Å²) in [5.41, 5.74) is 0.330. The van der Waals surface area contributed by atoms with Gasteiger partial charge in [-0.1, -0.05) is 31.2 Å². The molecule has 0 spiro atoms. The molecule has 3 aromatic rings. The van der Waals surface area contributed by atoms with Gasteiger partial charge in [0, 0.05) is 6.08 Å². The van der Waals surface area contributed by atoms with E-state index in [0.717, 1.165) is 22.1 Å². The molecule has 5 nitrogen and oxygen atoms in total. The van der Waals surface area contributed by atoms with Crippen LogP contribution < -0.4 is 14.2 Å². The molecule has 0 aliphatic heterocycles. The number of carbonyl (C=O) groups is 2. The lowest BCUT2D eigenvalue weighted by Crippen LogP contribution is -2.28. The van der Waals surface area contributed by atoms with Crippen molar-refractivity contribution < 1.29 is 23.8 Å². The summed E-state index contributed by atoms with van der Waals surface area (Å²) in [5, 5.41) is 1.76. The van der Waals surface area contributed by atoms with Crippen molar-refractivity contribution in [2.24, 2.45) is 5.41 Å². The van der Waals surface area contributed by atoms with Gasteiger partial charge < -0.3 is 14.2 Å². The summed E-state index contributed by atoms with van der Waals surface area (Å²) in [6.45, 7) is 5.68. The van der Waals surface area contributed by atoms with E-state index < -0.39 is 11.4 Å². The monoisotopic (exact) mass is 418 g/mol. The summed E-state index contributed by atoms with van der Waals surface area (Å²) in [4.78, 5) is 24.4. The zero-order valence-corrected chi connectivity index (χ0v) is 18.2. The molecule has 3 aromatic carbocycles. The van der Waals surface area contributed by atoms with Gasteiger partial charge in [-0.05, 0) is 79.1 Å². The molecule has 3 rings (SSSR count). The Kier molecular flexibility index (Phi) is 6.75. The normalized spacial score (nSPS) is 11.5. The second-order valence-corrected chi connectivity index (χ2v) is 7.83. The van der Waals surface area contributed by atoms with Crippen LogP contribution in [0.1, 0.15) is 32.8 Å². The van der Waals surface area contributed by atoms with Crippen molar-refractivity contribution in [2.75, 3.05) is 7.11 Å². The molecule has 0 radical (unpaired) electrons. The fourth-order valence-electron chi connectivity index (χ4n) is 2.75. The summed E-state index contributed by atoms with van der Waals surface area (Å²) in [6.07, 6.45) is 3.76. The van der Waals surface area contributed by atoms with Gasteiger partial charge in [-0.3, -0.25) is 4.79 Å². The summed E-state index contributed by atoms with van der Waals surface area (Å²) < 4.78 is 16.0. The number of hydrogen-bond acceptors (Lipinski definition) is 5. The summed E-state index contributed by atoms with van der Waals surface area (Å²) >= 11 is 0. The van der Waals surface area contributed by atoms with E-state index in [1.54, 1.807) is 37.5 Å². The highest BCUT2D eigenvalue weighted by Gasteiger charge is 2.27. The highest BCUT2D eigenvalue weighted by atomic mass is 16.5. The highest BCUT2D eigenvalue weighted by Crippen LogP contribution is 2.28. The molecule has 160 valence electrons. The van der Waals surface area contributed by atoms with E-state index in [4.69, 9.17) is 14.2 Å². The molecule has 0 aromatic heterocycles. The average Bonchev–Trinajstić information content (AvgIpc) is 2.78. The van der Waals surface area contributed by atoms with E-state index in [2.05, 4.69) is 0 Å². The Hall–Kier alpha value is -3.60. The van der Waals surface area contributed by atoms with E-state index in [1.807, 2.05) is 57.2 Å². The predicted octanol–water partition coefficient (Wildman–Crippen LogP) is 5.81. The Morgan fingerprint density at radius 1 is 0.839 bits per heavy atom. The fourth-order valence-corrected chi connectivity index (χ4v) is 2.75. The number of rotatable bonds is 7. The number of ether oxygens (including phenoxy) is 3. The molecule has 0 saturated heterocycles. The summed E-state index contributed by atoms with van der Waals surface area (Å²) in [7, 11) is 1.60. The second-order valence-electron chi connectivity index (χ2n) is 7.83. The first-order valence-corrected chi connectivity index (χ1v) is 10.1.